The second-order valence-corrected chi connectivity index (χ2v) is 7.16. The zero-order valence-electron chi connectivity index (χ0n) is 11.9. The summed E-state index contributed by atoms with van der Waals surface area (Å²) in [7, 11) is 0. The van der Waals surface area contributed by atoms with Gasteiger partial charge < -0.3 is 9.47 Å². The molecule has 0 aliphatic heterocycles. The lowest BCUT2D eigenvalue weighted by Gasteiger charge is -2.41. The Labute approximate surface area is 129 Å². The molecule has 0 aromatic heterocycles. The van der Waals surface area contributed by atoms with Crippen molar-refractivity contribution in [2.24, 2.45) is 5.92 Å². The van der Waals surface area contributed by atoms with Crippen molar-refractivity contribution in [3.8, 4) is 0 Å². The van der Waals surface area contributed by atoms with E-state index in [9.17, 15) is 4.79 Å². The molecule has 0 unspecified atom stereocenters. The summed E-state index contributed by atoms with van der Waals surface area (Å²) in [6, 6.07) is 0. The molecular formula is C15H20O3S2. The molecule has 110 valence electrons. The van der Waals surface area contributed by atoms with Crippen molar-refractivity contribution >= 4 is 34.3 Å². The van der Waals surface area contributed by atoms with Crippen LogP contribution in [0.3, 0.4) is 0 Å². The van der Waals surface area contributed by atoms with E-state index in [1.54, 1.807) is 0 Å². The number of ether oxygens (including phenoxy) is 2. The van der Waals surface area contributed by atoms with Gasteiger partial charge in [0.1, 0.15) is 6.10 Å². The van der Waals surface area contributed by atoms with Crippen molar-refractivity contribution in [1.82, 2.24) is 0 Å². The number of thioether (sulfide) groups is 1. The maximum Gasteiger partial charge on any atom is 0.310 e. The van der Waals surface area contributed by atoms with E-state index in [4.69, 9.17) is 21.7 Å². The first-order chi connectivity index (χ1) is 9.48. The predicted octanol–water partition coefficient (Wildman–Crippen LogP) is 3.64. The molecule has 0 bridgehead atoms. The fourth-order valence-electron chi connectivity index (χ4n) is 2.72. The summed E-state index contributed by atoms with van der Waals surface area (Å²) < 4.78 is 12.1. The first kappa shape index (κ1) is 15.6. The predicted molar refractivity (Wildman–Crippen MR) is 85.7 cm³/mol. The van der Waals surface area contributed by atoms with Crippen molar-refractivity contribution in [3.63, 3.8) is 0 Å². The van der Waals surface area contributed by atoms with Crippen molar-refractivity contribution in [1.29, 1.82) is 0 Å². The number of rotatable bonds is 5. The van der Waals surface area contributed by atoms with E-state index in [0.29, 0.717) is 4.38 Å². The minimum atomic E-state index is -0.606. The molecule has 0 saturated heterocycles. The summed E-state index contributed by atoms with van der Waals surface area (Å²) in [6.07, 6.45) is 5.98. The molecule has 0 amide bonds. The van der Waals surface area contributed by atoms with Gasteiger partial charge in [-0.2, -0.15) is 0 Å². The Bertz CT molecular complexity index is 458. The van der Waals surface area contributed by atoms with Gasteiger partial charge >= 0.3 is 5.97 Å². The van der Waals surface area contributed by atoms with Crippen LogP contribution in [-0.2, 0) is 14.3 Å². The molecule has 0 N–H and O–H groups in total. The molecule has 0 aromatic carbocycles. The smallest absolute Gasteiger partial charge is 0.310 e. The van der Waals surface area contributed by atoms with Crippen molar-refractivity contribution in [3.05, 3.63) is 24.3 Å². The SMILES string of the molecule is C=C(C)CC(=O)O[C@@]12C=C[C@@H]1CC[C@@H]2OC(=S)SCC. The summed E-state index contributed by atoms with van der Waals surface area (Å²) >= 11 is 6.70. The van der Waals surface area contributed by atoms with Gasteiger partial charge in [0, 0.05) is 5.92 Å². The van der Waals surface area contributed by atoms with Crippen LogP contribution in [0, 0.1) is 5.92 Å². The molecule has 0 aromatic rings. The van der Waals surface area contributed by atoms with E-state index < -0.39 is 5.60 Å². The molecule has 3 atom stereocenters. The lowest BCUT2D eigenvalue weighted by molar-refractivity contribution is -0.166. The van der Waals surface area contributed by atoms with Crippen LogP contribution in [0.25, 0.3) is 0 Å². The van der Waals surface area contributed by atoms with Crippen LogP contribution >= 0.6 is 24.0 Å². The van der Waals surface area contributed by atoms with Crippen LogP contribution in [-0.4, -0.2) is 27.8 Å². The van der Waals surface area contributed by atoms with E-state index in [0.717, 1.165) is 24.2 Å². The van der Waals surface area contributed by atoms with Gasteiger partial charge in [0.25, 0.3) is 0 Å². The van der Waals surface area contributed by atoms with Gasteiger partial charge in [-0.3, -0.25) is 4.79 Å². The highest BCUT2D eigenvalue weighted by molar-refractivity contribution is 8.22. The fraction of sp³-hybridized carbons (Fsp3) is 0.600. The second-order valence-electron chi connectivity index (χ2n) is 5.29. The summed E-state index contributed by atoms with van der Waals surface area (Å²) in [5.74, 6) is 0.903. The van der Waals surface area contributed by atoms with Crippen LogP contribution in [0.1, 0.15) is 33.1 Å². The molecule has 5 heteroatoms. The van der Waals surface area contributed by atoms with Gasteiger partial charge in [-0.15, -0.1) is 0 Å². The Morgan fingerprint density at radius 3 is 2.85 bits per heavy atom. The van der Waals surface area contributed by atoms with Crippen molar-refractivity contribution in [2.45, 2.75) is 44.8 Å². The Morgan fingerprint density at radius 1 is 1.55 bits per heavy atom. The van der Waals surface area contributed by atoms with E-state index >= 15 is 0 Å². The molecule has 0 spiro atoms. The summed E-state index contributed by atoms with van der Waals surface area (Å²) in [5.41, 5.74) is 0.198. The summed E-state index contributed by atoms with van der Waals surface area (Å²) in [4.78, 5) is 11.9. The van der Waals surface area contributed by atoms with Crippen LogP contribution in [0.15, 0.2) is 24.3 Å². The highest BCUT2D eigenvalue weighted by atomic mass is 32.2. The molecule has 2 aliphatic rings. The average Bonchev–Trinajstić information content (AvgIpc) is 2.53. The van der Waals surface area contributed by atoms with Crippen molar-refractivity contribution in [2.75, 3.05) is 5.75 Å². The molecule has 1 saturated carbocycles. The van der Waals surface area contributed by atoms with Gasteiger partial charge in [0.05, 0.1) is 6.42 Å². The third-order valence-corrected chi connectivity index (χ3v) is 4.72. The lowest BCUT2D eigenvalue weighted by atomic mass is 9.79. The Morgan fingerprint density at radius 2 is 2.30 bits per heavy atom. The Balaban J connectivity index is 2.02. The molecule has 1 fully saturated rings. The first-order valence-electron chi connectivity index (χ1n) is 6.87. The van der Waals surface area contributed by atoms with Gasteiger partial charge in [0.2, 0.25) is 4.38 Å². The average molecular weight is 312 g/mol. The first-order valence-corrected chi connectivity index (χ1v) is 8.26. The molecule has 2 rings (SSSR count). The summed E-state index contributed by atoms with van der Waals surface area (Å²) in [6.45, 7) is 7.60. The molecule has 2 aliphatic carbocycles. The fourth-order valence-corrected chi connectivity index (χ4v) is 3.61. The standard InChI is InChI=1S/C15H20O3S2/c1-4-20-14(19)17-12-6-5-11-7-8-15(11,12)18-13(16)9-10(2)3/h7-8,11-12H,2,4-6,9H2,1,3H3/t11-,12-,15-/m0/s1. The number of carbonyl (C=O) groups excluding carboxylic acids is 1. The highest BCUT2D eigenvalue weighted by Gasteiger charge is 2.57. The molecule has 20 heavy (non-hydrogen) atoms. The van der Waals surface area contributed by atoms with E-state index in [2.05, 4.69) is 12.7 Å². The zero-order chi connectivity index (χ0) is 14.8. The van der Waals surface area contributed by atoms with E-state index in [1.807, 2.05) is 19.9 Å². The zero-order valence-corrected chi connectivity index (χ0v) is 13.5. The number of carbonyl (C=O) groups is 1. The van der Waals surface area contributed by atoms with Crippen molar-refractivity contribution < 1.29 is 14.3 Å². The van der Waals surface area contributed by atoms with Crippen LogP contribution in [0.2, 0.25) is 0 Å². The number of hydrogen-bond donors (Lipinski definition) is 0. The minimum Gasteiger partial charge on any atom is -0.471 e. The van der Waals surface area contributed by atoms with Gasteiger partial charge in [-0.05, 0) is 43.8 Å². The molecule has 3 nitrogen and oxygen atoms in total. The lowest BCUT2D eigenvalue weighted by Crippen LogP contribution is -2.51. The quantitative estimate of drug-likeness (QED) is 0.440. The maximum atomic E-state index is 11.9. The topological polar surface area (TPSA) is 35.5 Å². The maximum absolute atomic E-state index is 11.9. The molecule has 0 heterocycles. The van der Waals surface area contributed by atoms with Crippen LogP contribution in [0.4, 0.5) is 0 Å². The van der Waals surface area contributed by atoms with Gasteiger partial charge in [0.15, 0.2) is 5.60 Å². The van der Waals surface area contributed by atoms with Gasteiger partial charge in [-0.25, -0.2) is 0 Å². The summed E-state index contributed by atoms with van der Waals surface area (Å²) in [5, 5.41) is 0. The number of hydrogen-bond acceptors (Lipinski definition) is 5. The van der Waals surface area contributed by atoms with E-state index in [1.165, 1.54) is 11.8 Å². The molecular weight excluding hydrogens is 292 g/mol. The monoisotopic (exact) mass is 312 g/mol. The van der Waals surface area contributed by atoms with Gasteiger partial charge in [-0.1, -0.05) is 36.9 Å². The Hall–Kier alpha value is -0.810. The second kappa shape index (κ2) is 6.31. The Kier molecular flexibility index (Phi) is 4.91. The third kappa shape index (κ3) is 3.09. The number of thiocarbonyl (C=S) groups is 1. The largest absolute Gasteiger partial charge is 0.471 e. The molecule has 0 radical (unpaired) electrons. The highest BCUT2D eigenvalue weighted by Crippen LogP contribution is 2.49. The van der Waals surface area contributed by atoms with Crippen LogP contribution < -0.4 is 0 Å². The number of fused-ring (bicyclic) bond motifs is 1. The normalized spacial score (nSPS) is 30.3. The third-order valence-electron chi connectivity index (χ3n) is 3.65. The number of esters is 1. The van der Waals surface area contributed by atoms with E-state index in [-0.39, 0.29) is 24.4 Å². The minimum absolute atomic E-state index is 0.155. The van der Waals surface area contributed by atoms with Crippen LogP contribution in [0.5, 0.6) is 0 Å².